The molecular weight excluding hydrogens is 640 g/mol. The van der Waals surface area contributed by atoms with Crippen molar-refractivity contribution >= 4 is 10.8 Å². The van der Waals surface area contributed by atoms with Gasteiger partial charge in [-0.3, -0.25) is 0 Å². The van der Waals surface area contributed by atoms with Crippen LogP contribution in [-0.2, 0) is 60.6 Å². The highest BCUT2D eigenvalue weighted by Crippen LogP contribution is 2.41. The fraction of sp³-hybridized carbons (Fsp3) is 0.450. The van der Waals surface area contributed by atoms with Crippen molar-refractivity contribution in [3.8, 4) is 0 Å². The highest BCUT2D eigenvalue weighted by Gasteiger charge is 2.56. The van der Waals surface area contributed by atoms with Crippen molar-refractivity contribution in [2.24, 2.45) is 0 Å². The van der Waals surface area contributed by atoms with Crippen molar-refractivity contribution < 1.29 is 47.4 Å². The highest BCUT2D eigenvalue weighted by atomic mass is 16.8. The Balaban J connectivity index is 1.11. The first-order valence-electron chi connectivity index (χ1n) is 17.3. The quantitative estimate of drug-likeness (QED) is 0.196. The minimum atomic E-state index is -0.873. The summed E-state index contributed by atoms with van der Waals surface area (Å²) in [5.74, 6) is -0.841. The zero-order valence-corrected chi connectivity index (χ0v) is 28.5. The molecule has 0 N–H and O–H groups in total. The molecule has 4 saturated heterocycles. The number of ether oxygens (including phenoxy) is 10. The molecule has 4 aromatic rings. The van der Waals surface area contributed by atoms with E-state index in [1.54, 1.807) is 7.11 Å². The second kappa shape index (κ2) is 14.8. The van der Waals surface area contributed by atoms with Crippen molar-refractivity contribution in [1.29, 1.82) is 0 Å². The van der Waals surface area contributed by atoms with Crippen molar-refractivity contribution in [3.05, 3.63) is 120 Å². The molecule has 4 aliphatic heterocycles. The van der Waals surface area contributed by atoms with Crippen LogP contribution in [0, 0.1) is 0 Å². The van der Waals surface area contributed by atoms with Gasteiger partial charge in [0, 0.05) is 12.7 Å². The molecule has 10 heteroatoms. The van der Waals surface area contributed by atoms with Gasteiger partial charge in [0.05, 0.1) is 26.4 Å². The molecule has 4 aromatic carbocycles. The molecule has 4 heterocycles. The molecule has 0 bridgehead atoms. The van der Waals surface area contributed by atoms with Gasteiger partial charge in [0.15, 0.2) is 24.7 Å². The summed E-state index contributed by atoms with van der Waals surface area (Å²) in [5.41, 5.74) is 2.96. The number of benzene rings is 4. The van der Waals surface area contributed by atoms with Crippen LogP contribution in [-0.4, -0.2) is 81.4 Å². The summed E-state index contributed by atoms with van der Waals surface area (Å²) in [6.07, 6.45) is -5.84. The zero-order valence-electron chi connectivity index (χ0n) is 28.5. The Bertz CT molecular complexity index is 1700. The molecule has 0 radical (unpaired) electrons. The molecule has 0 aromatic heterocycles. The lowest BCUT2D eigenvalue weighted by atomic mass is 9.96. The van der Waals surface area contributed by atoms with E-state index in [0.717, 1.165) is 22.1 Å². The number of rotatable bonds is 10. The van der Waals surface area contributed by atoms with Crippen LogP contribution in [0.25, 0.3) is 10.8 Å². The Labute approximate surface area is 292 Å². The fourth-order valence-electron chi connectivity index (χ4n) is 7.27. The normalized spacial score (nSPS) is 33.5. The van der Waals surface area contributed by atoms with Crippen LogP contribution in [0.15, 0.2) is 103 Å². The number of methoxy groups -OCH3 is 1. The monoisotopic (exact) mass is 684 g/mol. The van der Waals surface area contributed by atoms with Gasteiger partial charge in [-0.15, -0.1) is 0 Å². The summed E-state index contributed by atoms with van der Waals surface area (Å²) in [6.45, 7) is 4.88. The lowest BCUT2D eigenvalue weighted by Gasteiger charge is -2.50. The van der Waals surface area contributed by atoms with E-state index in [1.165, 1.54) is 5.39 Å². The predicted octanol–water partition coefficient (Wildman–Crippen LogP) is 6.06. The van der Waals surface area contributed by atoms with E-state index in [0.29, 0.717) is 13.2 Å². The SMILES string of the molecule is CO[C@@H]1OC[C@@H](O[C@@H]2O[C@@H]3CO[C@@H](c4ccccc4)O[C@H]3[C@H](OCc3ccc4ccccc4c3)[C@@H]2OCc2ccccc2)[C@@H]2OC(C)(C)O[C@@H]12. The zero-order chi connectivity index (χ0) is 34.1. The average Bonchev–Trinajstić information content (AvgIpc) is 3.49. The molecule has 0 unspecified atom stereocenters. The largest absolute Gasteiger partial charge is 0.368 e. The lowest BCUT2D eigenvalue weighted by Crippen LogP contribution is -2.65. The molecule has 0 spiro atoms. The van der Waals surface area contributed by atoms with E-state index in [2.05, 4.69) is 30.3 Å². The van der Waals surface area contributed by atoms with Crippen LogP contribution in [0.4, 0.5) is 0 Å². The molecule has 264 valence electrons. The van der Waals surface area contributed by atoms with Crippen molar-refractivity contribution in [3.63, 3.8) is 0 Å². The van der Waals surface area contributed by atoms with Crippen molar-refractivity contribution in [2.75, 3.05) is 20.3 Å². The second-order valence-electron chi connectivity index (χ2n) is 13.6. The van der Waals surface area contributed by atoms with Crippen LogP contribution < -0.4 is 0 Å². The first-order valence-corrected chi connectivity index (χ1v) is 17.3. The van der Waals surface area contributed by atoms with Crippen LogP contribution in [0.3, 0.4) is 0 Å². The first-order chi connectivity index (χ1) is 24.4. The average molecular weight is 685 g/mol. The van der Waals surface area contributed by atoms with Crippen molar-refractivity contribution in [2.45, 2.75) is 94.4 Å². The van der Waals surface area contributed by atoms with E-state index >= 15 is 0 Å². The molecule has 0 amide bonds. The molecule has 4 aliphatic rings. The molecule has 0 saturated carbocycles. The van der Waals surface area contributed by atoms with E-state index in [4.69, 9.17) is 47.4 Å². The molecule has 10 atom stereocenters. The van der Waals surface area contributed by atoms with Crippen LogP contribution in [0.2, 0.25) is 0 Å². The fourth-order valence-corrected chi connectivity index (χ4v) is 7.27. The van der Waals surface area contributed by atoms with Crippen LogP contribution >= 0.6 is 0 Å². The third-order valence-electron chi connectivity index (χ3n) is 9.66. The van der Waals surface area contributed by atoms with E-state index in [-0.39, 0.29) is 13.2 Å². The Kier molecular flexibility index (Phi) is 10.0. The molecule has 10 nitrogen and oxygen atoms in total. The summed E-state index contributed by atoms with van der Waals surface area (Å²) in [5, 5.41) is 2.31. The number of hydrogen-bond donors (Lipinski definition) is 0. The Morgan fingerprint density at radius 1 is 0.640 bits per heavy atom. The summed E-state index contributed by atoms with van der Waals surface area (Å²) in [6, 6.07) is 34.6. The summed E-state index contributed by atoms with van der Waals surface area (Å²) in [7, 11) is 1.60. The Morgan fingerprint density at radius 2 is 1.34 bits per heavy atom. The van der Waals surface area contributed by atoms with Crippen LogP contribution in [0.1, 0.15) is 36.8 Å². The third-order valence-corrected chi connectivity index (χ3v) is 9.66. The summed E-state index contributed by atoms with van der Waals surface area (Å²) >= 11 is 0. The lowest BCUT2D eigenvalue weighted by molar-refractivity contribution is -0.384. The van der Waals surface area contributed by atoms with E-state index in [9.17, 15) is 0 Å². The highest BCUT2D eigenvalue weighted by molar-refractivity contribution is 5.82. The van der Waals surface area contributed by atoms with Crippen LogP contribution in [0.5, 0.6) is 0 Å². The van der Waals surface area contributed by atoms with Gasteiger partial charge in [-0.1, -0.05) is 97.1 Å². The summed E-state index contributed by atoms with van der Waals surface area (Å²) in [4.78, 5) is 0. The third kappa shape index (κ3) is 7.24. The van der Waals surface area contributed by atoms with Gasteiger partial charge in [0.2, 0.25) is 0 Å². The minimum Gasteiger partial charge on any atom is -0.368 e. The predicted molar refractivity (Wildman–Crippen MR) is 182 cm³/mol. The summed E-state index contributed by atoms with van der Waals surface area (Å²) < 4.78 is 64.3. The molecule has 50 heavy (non-hydrogen) atoms. The topological polar surface area (TPSA) is 92.3 Å². The number of fused-ring (bicyclic) bond motifs is 3. The molecular formula is C40H44O10. The van der Waals surface area contributed by atoms with Gasteiger partial charge >= 0.3 is 0 Å². The molecule has 8 rings (SSSR count). The maximum absolute atomic E-state index is 6.87. The van der Waals surface area contributed by atoms with Gasteiger partial charge in [0.1, 0.15) is 42.7 Å². The minimum absolute atomic E-state index is 0.212. The van der Waals surface area contributed by atoms with Gasteiger partial charge < -0.3 is 47.4 Å². The standard InChI is InChI=1S/C40H44O10/c1-40(2)49-33-31(24-45-38(41-3)36(33)50-40)47-39-35(43-21-25-12-6-4-7-13-25)34(42-22-26-18-19-27-14-10-11-17-29(27)20-26)32-30(46-39)23-44-37(48-32)28-15-8-5-9-16-28/h4-20,30-39H,21-24H2,1-3H3/t30-,31-,32-,33+,34+,35+,36-,37-,38-,39+/m1/s1. The smallest absolute Gasteiger partial charge is 0.187 e. The molecule has 4 fully saturated rings. The Hall–Kier alpha value is -3.26. The van der Waals surface area contributed by atoms with E-state index in [1.807, 2.05) is 86.6 Å². The van der Waals surface area contributed by atoms with Gasteiger partial charge in [-0.2, -0.15) is 0 Å². The van der Waals surface area contributed by atoms with E-state index < -0.39 is 67.4 Å². The first kappa shape index (κ1) is 33.9. The number of hydrogen-bond acceptors (Lipinski definition) is 10. The van der Waals surface area contributed by atoms with Gasteiger partial charge in [-0.05, 0) is 41.8 Å². The van der Waals surface area contributed by atoms with Gasteiger partial charge in [-0.25, -0.2) is 0 Å². The second-order valence-corrected chi connectivity index (χ2v) is 13.6. The maximum Gasteiger partial charge on any atom is 0.187 e. The van der Waals surface area contributed by atoms with Crippen molar-refractivity contribution in [1.82, 2.24) is 0 Å². The Morgan fingerprint density at radius 3 is 2.14 bits per heavy atom. The molecule has 0 aliphatic carbocycles. The van der Waals surface area contributed by atoms with Gasteiger partial charge in [0.25, 0.3) is 0 Å². The maximum atomic E-state index is 6.87.